The van der Waals surface area contributed by atoms with Gasteiger partial charge in [-0.1, -0.05) is 11.2 Å². The van der Waals surface area contributed by atoms with Gasteiger partial charge in [0, 0.05) is 30.5 Å². The smallest absolute Gasteiger partial charge is 0.257 e. The van der Waals surface area contributed by atoms with E-state index in [-0.39, 0.29) is 16.8 Å². The first-order chi connectivity index (χ1) is 11.9. The van der Waals surface area contributed by atoms with E-state index >= 15 is 0 Å². The Bertz CT molecular complexity index is 948. The zero-order valence-electron chi connectivity index (χ0n) is 14.2. The Morgan fingerprint density at radius 2 is 2.08 bits per heavy atom. The van der Waals surface area contributed by atoms with Crippen LogP contribution in [0, 0.1) is 0 Å². The van der Waals surface area contributed by atoms with Gasteiger partial charge in [0.2, 0.25) is 10.0 Å². The maximum atomic E-state index is 12.6. The van der Waals surface area contributed by atoms with Gasteiger partial charge in [-0.25, -0.2) is 8.42 Å². The summed E-state index contributed by atoms with van der Waals surface area (Å²) in [5, 5.41) is 10.6. The molecule has 0 saturated heterocycles. The van der Waals surface area contributed by atoms with Crippen molar-refractivity contribution >= 4 is 10.0 Å². The van der Waals surface area contributed by atoms with Crippen LogP contribution < -0.4 is 0 Å². The molecule has 0 atom stereocenters. The summed E-state index contributed by atoms with van der Waals surface area (Å²) in [4.78, 5) is 4.51. The SMILES string of the molecule is CC(C)N(C)S(=O)(=O)c1cccc(-c2nc(Cc3ccn[nH]3)no2)c1. The lowest BCUT2D eigenvalue weighted by Gasteiger charge is -2.21. The first-order valence-electron chi connectivity index (χ1n) is 7.77. The van der Waals surface area contributed by atoms with Crippen LogP contribution in [0.25, 0.3) is 11.5 Å². The van der Waals surface area contributed by atoms with Gasteiger partial charge >= 0.3 is 0 Å². The van der Waals surface area contributed by atoms with Crippen molar-refractivity contribution in [3.05, 3.63) is 48.0 Å². The van der Waals surface area contributed by atoms with Gasteiger partial charge in [0.05, 0.1) is 11.3 Å². The predicted molar refractivity (Wildman–Crippen MR) is 91.2 cm³/mol. The average Bonchev–Trinajstić information content (AvgIpc) is 3.26. The molecule has 0 aliphatic carbocycles. The van der Waals surface area contributed by atoms with Gasteiger partial charge in [0.15, 0.2) is 5.82 Å². The van der Waals surface area contributed by atoms with E-state index in [1.54, 1.807) is 37.5 Å². The highest BCUT2D eigenvalue weighted by molar-refractivity contribution is 7.89. The fraction of sp³-hybridized carbons (Fsp3) is 0.312. The molecule has 0 spiro atoms. The zero-order valence-corrected chi connectivity index (χ0v) is 15.0. The van der Waals surface area contributed by atoms with Crippen molar-refractivity contribution in [3.8, 4) is 11.5 Å². The Morgan fingerprint density at radius 3 is 2.76 bits per heavy atom. The molecule has 0 radical (unpaired) electrons. The number of rotatable bonds is 6. The second-order valence-electron chi connectivity index (χ2n) is 5.92. The van der Waals surface area contributed by atoms with Crippen LogP contribution in [0.15, 0.2) is 45.9 Å². The van der Waals surface area contributed by atoms with E-state index in [9.17, 15) is 8.42 Å². The summed E-state index contributed by atoms with van der Waals surface area (Å²) in [6.45, 7) is 3.64. The Morgan fingerprint density at radius 1 is 1.28 bits per heavy atom. The van der Waals surface area contributed by atoms with Crippen LogP contribution in [-0.2, 0) is 16.4 Å². The summed E-state index contributed by atoms with van der Waals surface area (Å²) in [5.41, 5.74) is 1.42. The van der Waals surface area contributed by atoms with Crippen LogP contribution in [0.1, 0.15) is 25.4 Å². The lowest BCUT2D eigenvalue weighted by atomic mass is 10.2. The van der Waals surface area contributed by atoms with Crippen LogP contribution in [-0.4, -0.2) is 46.2 Å². The van der Waals surface area contributed by atoms with E-state index in [4.69, 9.17) is 4.52 Å². The quantitative estimate of drug-likeness (QED) is 0.721. The van der Waals surface area contributed by atoms with Gasteiger partial charge in [-0.05, 0) is 38.1 Å². The van der Waals surface area contributed by atoms with Gasteiger partial charge in [0.1, 0.15) is 0 Å². The Balaban J connectivity index is 1.88. The summed E-state index contributed by atoms with van der Waals surface area (Å²) in [7, 11) is -2.02. The van der Waals surface area contributed by atoms with Gasteiger partial charge in [-0.2, -0.15) is 14.4 Å². The zero-order chi connectivity index (χ0) is 18.0. The number of nitrogens with zero attached hydrogens (tertiary/aromatic N) is 4. The van der Waals surface area contributed by atoms with Gasteiger partial charge in [-0.3, -0.25) is 5.10 Å². The second kappa shape index (κ2) is 6.77. The molecule has 0 fully saturated rings. The first-order valence-corrected chi connectivity index (χ1v) is 9.21. The van der Waals surface area contributed by atoms with E-state index in [1.807, 2.05) is 19.9 Å². The van der Waals surface area contributed by atoms with E-state index in [0.717, 1.165) is 5.69 Å². The Kier molecular flexibility index (Phi) is 4.69. The number of nitrogens with one attached hydrogen (secondary N) is 1. The van der Waals surface area contributed by atoms with Crippen molar-refractivity contribution in [2.24, 2.45) is 0 Å². The molecule has 0 unspecified atom stereocenters. The standard InChI is InChI=1S/C16H19N5O3S/c1-11(2)21(3)25(22,23)14-6-4-5-12(9-14)16-18-15(20-24-16)10-13-7-8-17-19-13/h4-9,11H,10H2,1-3H3,(H,17,19). The summed E-state index contributed by atoms with van der Waals surface area (Å²) >= 11 is 0. The van der Waals surface area contributed by atoms with E-state index < -0.39 is 10.0 Å². The largest absolute Gasteiger partial charge is 0.334 e. The average molecular weight is 361 g/mol. The highest BCUT2D eigenvalue weighted by Crippen LogP contribution is 2.24. The topological polar surface area (TPSA) is 105 Å². The number of aromatic amines is 1. The number of benzene rings is 1. The lowest BCUT2D eigenvalue weighted by Crippen LogP contribution is -2.33. The number of sulfonamides is 1. The number of hydrogen-bond donors (Lipinski definition) is 1. The molecule has 1 aromatic carbocycles. The third-order valence-corrected chi connectivity index (χ3v) is 5.89. The molecule has 0 aliphatic heterocycles. The third kappa shape index (κ3) is 3.62. The molecule has 2 aromatic heterocycles. The predicted octanol–water partition coefficient (Wildman–Crippen LogP) is 2.08. The van der Waals surface area contributed by atoms with Gasteiger partial charge in [-0.15, -0.1) is 0 Å². The highest BCUT2D eigenvalue weighted by atomic mass is 32.2. The molecule has 0 saturated carbocycles. The van der Waals surface area contributed by atoms with Crippen LogP contribution in [0.3, 0.4) is 0 Å². The number of aromatic nitrogens is 4. The minimum absolute atomic E-state index is 0.141. The molecular formula is C16H19N5O3S. The molecule has 8 nitrogen and oxygen atoms in total. The first kappa shape index (κ1) is 17.3. The fourth-order valence-corrected chi connectivity index (χ4v) is 3.64. The molecule has 25 heavy (non-hydrogen) atoms. The minimum atomic E-state index is -3.57. The van der Waals surface area contributed by atoms with Crippen LogP contribution in [0.5, 0.6) is 0 Å². The van der Waals surface area contributed by atoms with Crippen molar-refractivity contribution in [3.63, 3.8) is 0 Å². The summed E-state index contributed by atoms with van der Waals surface area (Å²) in [6, 6.07) is 8.18. The molecule has 1 N–H and O–H groups in total. The van der Waals surface area contributed by atoms with Crippen LogP contribution >= 0.6 is 0 Å². The molecule has 9 heteroatoms. The highest BCUT2D eigenvalue weighted by Gasteiger charge is 2.24. The Labute approximate surface area is 145 Å². The molecule has 3 rings (SSSR count). The number of hydrogen-bond acceptors (Lipinski definition) is 6. The van der Waals surface area contributed by atoms with E-state index in [2.05, 4.69) is 20.3 Å². The van der Waals surface area contributed by atoms with Crippen molar-refractivity contribution in [2.45, 2.75) is 31.2 Å². The van der Waals surface area contributed by atoms with Gasteiger partial charge in [0.25, 0.3) is 5.89 Å². The molecule has 2 heterocycles. The number of H-pyrrole nitrogens is 1. The minimum Gasteiger partial charge on any atom is -0.334 e. The molecule has 3 aromatic rings. The van der Waals surface area contributed by atoms with E-state index in [0.29, 0.717) is 17.8 Å². The molecular weight excluding hydrogens is 342 g/mol. The molecule has 0 amide bonds. The molecule has 132 valence electrons. The molecule has 0 bridgehead atoms. The van der Waals surface area contributed by atoms with Crippen molar-refractivity contribution in [1.29, 1.82) is 0 Å². The molecule has 0 aliphatic rings. The van der Waals surface area contributed by atoms with E-state index in [1.165, 1.54) is 4.31 Å². The Hall–Kier alpha value is -2.52. The monoisotopic (exact) mass is 361 g/mol. The van der Waals surface area contributed by atoms with Crippen LogP contribution in [0.4, 0.5) is 0 Å². The van der Waals surface area contributed by atoms with Gasteiger partial charge < -0.3 is 4.52 Å². The second-order valence-corrected chi connectivity index (χ2v) is 7.91. The maximum Gasteiger partial charge on any atom is 0.257 e. The summed E-state index contributed by atoms with van der Waals surface area (Å²) in [6.07, 6.45) is 2.10. The van der Waals surface area contributed by atoms with Crippen molar-refractivity contribution in [2.75, 3.05) is 7.05 Å². The maximum absolute atomic E-state index is 12.6. The lowest BCUT2D eigenvalue weighted by molar-refractivity contribution is 0.410. The van der Waals surface area contributed by atoms with Crippen molar-refractivity contribution < 1.29 is 12.9 Å². The summed E-state index contributed by atoms with van der Waals surface area (Å²) in [5.74, 6) is 0.769. The third-order valence-electron chi connectivity index (χ3n) is 3.86. The summed E-state index contributed by atoms with van der Waals surface area (Å²) < 4.78 is 31.8. The fourth-order valence-electron chi connectivity index (χ4n) is 2.23. The van der Waals surface area contributed by atoms with Crippen molar-refractivity contribution in [1.82, 2.24) is 24.6 Å². The van der Waals surface area contributed by atoms with Crippen LogP contribution in [0.2, 0.25) is 0 Å². The normalized spacial score (nSPS) is 12.2.